The SMILES string of the molecule is COc1ccc(C(=O)OCC(=O)NCC2(N3CCOCC3)CCCCC2)cc1F. The highest BCUT2D eigenvalue weighted by Gasteiger charge is 2.38. The standard InChI is InChI=1S/C21H29FN2O5/c1-27-18-6-5-16(13-17(18)22)20(26)29-14-19(25)23-15-21(7-3-2-4-8-21)24-9-11-28-12-10-24/h5-6,13H,2-4,7-12,14-15H2,1H3,(H,23,25). The van der Waals surface area contributed by atoms with Crippen LogP contribution in [0.5, 0.6) is 5.75 Å². The van der Waals surface area contributed by atoms with Crippen molar-refractivity contribution in [3.63, 3.8) is 0 Å². The van der Waals surface area contributed by atoms with E-state index >= 15 is 0 Å². The molecule has 8 heteroatoms. The third-order valence-corrected chi connectivity index (χ3v) is 5.80. The molecule has 1 aromatic rings. The molecule has 0 aromatic heterocycles. The van der Waals surface area contributed by atoms with E-state index in [1.54, 1.807) is 0 Å². The summed E-state index contributed by atoms with van der Waals surface area (Å²) in [5.41, 5.74) is -0.0194. The zero-order valence-electron chi connectivity index (χ0n) is 16.9. The predicted molar refractivity (Wildman–Crippen MR) is 104 cm³/mol. The van der Waals surface area contributed by atoms with Crippen molar-refractivity contribution in [3.8, 4) is 5.75 Å². The van der Waals surface area contributed by atoms with Crippen LogP contribution < -0.4 is 10.1 Å². The first-order valence-electron chi connectivity index (χ1n) is 10.1. The van der Waals surface area contributed by atoms with E-state index in [2.05, 4.69) is 10.2 Å². The number of amides is 1. The lowest BCUT2D eigenvalue weighted by atomic mass is 9.79. The van der Waals surface area contributed by atoms with Gasteiger partial charge in [0.25, 0.3) is 5.91 Å². The summed E-state index contributed by atoms with van der Waals surface area (Å²) in [6.07, 6.45) is 5.59. The molecule has 0 radical (unpaired) electrons. The number of morpholine rings is 1. The molecule has 1 aromatic carbocycles. The van der Waals surface area contributed by atoms with Crippen LogP contribution in [0.25, 0.3) is 0 Å². The van der Waals surface area contributed by atoms with E-state index in [1.165, 1.54) is 25.7 Å². The molecule has 2 fully saturated rings. The number of benzene rings is 1. The van der Waals surface area contributed by atoms with Crippen LogP contribution in [-0.4, -0.2) is 68.9 Å². The number of hydrogen-bond acceptors (Lipinski definition) is 6. The van der Waals surface area contributed by atoms with Crippen LogP contribution in [0.15, 0.2) is 18.2 Å². The van der Waals surface area contributed by atoms with Gasteiger partial charge < -0.3 is 19.5 Å². The first-order chi connectivity index (χ1) is 14.0. The topological polar surface area (TPSA) is 77.1 Å². The Morgan fingerprint density at radius 3 is 2.59 bits per heavy atom. The van der Waals surface area contributed by atoms with E-state index in [0.717, 1.165) is 44.8 Å². The fraction of sp³-hybridized carbons (Fsp3) is 0.619. The second-order valence-electron chi connectivity index (χ2n) is 7.59. The summed E-state index contributed by atoms with van der Waals surface area (Å²) in [7, 11) is 1.34. The number of halogens is 1. The Morgan fingerprint density at radius 1 is 1.21 bits per heavy atom. The van der Waals surface area contributed by atoms with Gasteiger partial charge in [0.2, 0.25) is 0 Å². The van der Waals surface area contributed by atoms with Crippen LogP contribution in [-0.2, 0) is 14.3 Å². The summed E-state index contributed by atoms with van der Waals surface area (Å²) in [6, 6.07) is 3.79. The monoisotopic (exact) mass is 408 g/mol. The van der Waals surface area contributed by atoms with Crippen molar-refractivity contribution < 1.29 is 28.2 Å². The van der Waals surface area contributed by atoms with Gasteiger partial charge in [-0.05, 0) is 31.0 Å². The molecule has 7 nitrogen and oxygen atoms in total. The lowest BCUT2D eigenvalue weighted by molar-refractivity contribution is -0.125. The Morgan fingerprint density at radius 2 is 1.93 bits per heavy atom. The van der Waals surface area contributed by atoms with Gasteiger partial charge in [0.15, 0.2) is 18.2 Å². The molecule has 1 N–H and O–H groups in total. The molecule has 1 aliphatic heterocycles. The van der Waals surface area contributed by atoms with E-state index in [1.807, 2.05) is 0 Å². The second kappa shape index (κ2) is 10.0. The number of nitrogens with zero attached hydrogens (tertiary/aromatic N) is 1. The molecular formula is C21H29FN2O5. The first-order valence-corrected chi connectivity index (χ1v) is 10.1. The third-order valence-electron chi connectivity index (χ3n) is 5.80. The molecule has 3 rings (SSSR count). The first kappa shape index (κ1) is 21.5. The van der Waals surface area contributed by atoms with Crippen LogP contribution in [0.2, 0.25) is 0 Å². The minimum atomic E-state index is -0.748. The van der Waals surface area contributed by atoms with Crippen LogP contribution >= 0.6 is 0 Å². The summed E-state index contributed by atoms with van der Waals surface area (Å²) in [4.78, 5) is 26.8. The number of nitrogens with one attached hydrogen (secondary N) is 1. The van der Waals surface area contributed by atoms with E-state index < -0.39 is 18.4 Å². The van der Waals surface area contributed by atoms with Gasteiger partial charge in [-0.1, -0.05) is 19.3 Å². The summed E-state index contributed by atoms with van der Waals surface area (Å²) in [5.74, 6) is -1.72. The summed E-state index contributed by atoms with van der Waals surface area (Å²) in [6.45, 7) is 3.30. The molecule has 2 aliphatic rings. The van der Waals surface area contributed by atoms with E-state index in [4.69, 9.17) is 14.2 Å². The number of esters is 1. The Bertz CT molecular complexity index is 715. The third kappa shape index (κ3) is 5.45. The molecule has 1 aliphatic carbocycles. The normalized spacial score (nSPS) is 19.4. The molecule has 160 valence electrons. The smallest absolute Gasteiger partial charge is 0.338 e. The van der Waals surface area contributed by atoms with Crippen molar-refractivity contribution in [3.05, 3.63) is 29.6 Å². The summed E-state index contributed by atoms with van der Waals surface area (Å²) >= 11 is 0. The van der Waals surface area contributed by atoms with Crippen molar-refractivity contribution >= 4 is 11.9 Å². The maximum atomic E-state index is 13.7. The lowest BCUT2D eigenvalue weighted by Gasteiger charge is -2.48. The van der Waals surface area contributed by atoms with Crippen LogP contribution in [0.4, 0.5) is 4.39 Å². The average Bonchev–Trinajstić information content (AvgIpc) is 2.77. The number of ether oxygens (including phenoxy) is 3. The number of carbonyl (C=O) groups excluding carboxylic acids is 2. The Labute approximate surface area is 170 Å². The van der Waals surface area contributed by atoms with Crippen molar-refractivity contribution in [2.45, 2.75) is 37.6 Å². The van der Waals surface area contributed by atoms with Crippen molar-refractivity contribution in [2.75, 3.05) is 46.6 Å². The van der Waals surface area contributed by atoms with Crippen molar-refractivity contribution in [1.29, 1.82) is 0 Å². The molecule has 29 heavy (non-hydrogen) atoms. The lowest BCUT2D eigenvalue weighted by Crippen LogP contribution is -2.59. The van der Waals surface area contributed by atoms with Crippen molar-refractivity contribution in [2.24, 2.45) is 0 Å². The quantitative estimate of drug-likeness (QED) is 0.697. The van der Waals surface area contributed by atoms with Crippen LogP contribution in [0.3, 0.4) is 0 Å². The Balaban J connectivity index is 1.51. The molecule has 0 spiro atoms. The average molecular weight is 408 g/mol. The molecule has 1 saturated heterocycles. The molecule has 0 atom stereocenters. The van der Waals surface area contributed by atoms with Crippen molar-refractivity contribution in [1.82, 2.24) is 10.2 Å². The van der Waals surface area contributed by atoms with Gasteiger partial charge in [0, 0.05) is 25.2 Å². The maximum Gasteiger partial charge on any atom is 0.338 e. The predicted octanol–water partition coefficient (Wildman–Crippen LogP) is 2.14. The minimum absolute atomic E-state index is 0.0353. The van der Waals surface area contributed by atoms with Gasteiger partial charge >= 0.3 is 5.97 Å². The fourth-order valence-corrected chi connectivity index (χ4v) is 4.17. The fourth-order valence-electron chi connectivity index (χ4n) is 4.17. The zero-order valence-corrected chi connectivity index (χ0v) is 16.9. The van der Waals surface area contributed by atoms with Gasteiger partial charge in [0.1, 0.15) is 0 Å². The zero-order chi connectivity index (χ0) is 20.7. The van der Waals surface area contributed by atoms with Gasteiger partial charge in [-0.15, -0.1) is 0 Å². The van der Waals surface area contributed by atoms with Gasteiger partial charge in [-0.25, -0.2) is 9.18 Å². The van der Waals surface area contributed by atoms with Crippen LogP contribution in [0.1, 0.15) is 42.5 Å². The van der Waals surface area contributed by atoms with E-state index in [0.29, 0.717) is 19.8 Å². The maximum absolute atomic E-state index is 13.7. The molecular weight excluding hydrogens is 379 g/mol. The molecule has 0 unspecified atom stereocenters. The van der Waals surface area contributed by atoms with Gasteiger partial charge in [0.05, 0.1) is 25.9 Å². The highest BCUT2D eigenvalue weighted by molar-refractivity contribution is 5.91. The van der Waals surface area contributed by atoms with Gasteiger partial charge in [-0.3, -0.25) is 9.69 Å². The Kier molecular flexibility index (Phi) is 7.44. The second-order valence-corrected chi connectivity index (χ2v) is 7.59. The summed E-state index contributed by atoms with van der Waals surface area (Å²) in [5, 5.41) is 2.93. The molecule has 1 saturated carbocycles. The summed E-state index contributed by atoms with van der Waals surface area (Å²) < 4.78 is 29.1. The van der Waals surface area contributed by atoms with Crippen LogP contribution in [0, 0.1) is 5.82 Å². The molecule has 1 amide bonds. The number of hydrogen-bond donors (Lipinski definition) is 1. The van der Waals surface area contributed by atoms with Gasteiger partial charge in [-0.2, -0.15) is 0 Å². The number of rotatable bonds is 7. The highest BCUT2D eigenvalue weighted by atomic mass is 19.1. The molecule has 1 heterocycles. The van der Waals surface area contributed by atoms with E-state index in [-0.39, 0.29) is 22.8 Å². The molecule has 0 bridgehead atoms. The van der Waals surface area contributed by atoms with E-state index in [9.17, 15) is 14.0 Å². The Hall–Kier alpha value is -2.19. The number of carbonyl (C=O) groups is 2. The largest absolute Gasteiger partial charge is 0.494 e. The number of methoxy groups -OCH3 is 1. The highest BCUT2D eigenvalue weighted by Crippen LogP contribution is 2.33. The minimum Gasteiger partial charge on any atom is -0.494 e.